The van der Waals surface area contributed by atoms with E-state index in [1.54, 1.807) is 40.0 Å². The molecule has 0 spiro atoms. The number of β-amino-alcohol motifs (C(OH)–C–C–N with tert-alkyl or cyclic N) is 1. The topological polar surface area (TPSA) is 161 Å². The van der Waals surface area contributed by atoms with Crippen molar-refractivity contribution in [3.05, 3.63) is 108 Å². The minimum Gasteiger partial charge on any atom is -0.391 e. The number of aliphatic hydroxyl groups excluding tert-OH is 1. The van der Waals surface area contributed by atoms with Crippen molar-refractivity contribution in [2.45, 2.75) is 63.6 Å². The highest BCUT2D eigenvalue weighted by Gasteiger charge is 2.30. The molecule has 2 aromatic carbocycles. The second kappa shape index (κ2) is 20.2. The molecule has 4 aliphatic heterocycles. The zero-order chi connectivity index (χ0) is 44.2. The molecule has 4 saturated heterocycles. The van der Waals surface area contributed by atoms with Gasteiger partial charge in [-0.25, -0.2) is 37.4 Å². The zero-order valence-corrected chi connectivity index (χ0v) is 39.5. The van der Waals surface area contributed by atoms with Gasteiger partial charge in [-0.05, 0) is 156 Å². The molecule has 4 fully saturated rings. The van der Waals surface area contributed by atoms with Gasteiger partial charge in [0.2, 0.25) is 0 Å². The Kier molecular flexibility index (Phi) is 14.4. The van der Waals surface area contributed by atoms with E-state index >= 15 is 0 Å². The molecule has 10 rings (SSSR count). The Labute approximate surface area is 395 Å². The summed E-state index contributed by atoms with van der Waals surface area (Å²) in [7, 11) is 0. The second-order valence-corrected chi connectivity index (χ2v) is 18.8. The quantitative estimate of drug-likeness (QED) is 0.0981. The predicted molar refractivity (Wildman–Crippen MR) is 254 cm³/mol. The Hall–Kier alpha value is -4.45. The lowest BCUT2D eigenvalue weighted by atomic mass is 10.0. The number of nitrogens with zero attached hydrogens (tertiary/aromatic N) is 9. The highest BCUT2D eigenvalue weighted by Crippen LogP contribution is 2.38. The number of anilines is 3. The average molecular weight is 1110 g/mol. The number of aromatic nitrogens is 6. The normalized spacial score (nSPS) is 20.8. The molecule has 8 heterocycles. The molecule has 4 atom stereocenters. The van der Waals surface area contributed by atoms with Crippen LogP contribution in [0.3, 0.4) is 0 Å². The molecule has 0 bridgehead atoms. The summed E-state index contributed by atoms with van der Waals surface area (Å²) >= 11 is 10.3. The number of carbonyl (C=O) groups is 2. The van der Waals surface area contributed by atoms with Crippen molar-refractivity contribution in [2.75, 3.05) is 54.8 Å². The van der Waals surface area contributed by atoms with Crippen molar-refractivity contribution >= 4 is 97.3 Å². The third-order valence-corrected chi connectivity index (χ3v) is 13.8. The smallest absolute Gasteiger partial charge is 0.322 e. The zero-order valence-electron chi connectivity index (χ0n) is 34.4. The third-order valence-electron chi connectivity index (χ3n) is 11.6. The molecule has 4 N–H and O–H groups in total. The molecule has 0 aliphatic carbocycles. The fourth-order valence-corrected chi connectivity index (χ4v) is 9.89. The number of fused-ring (bicyclic) bond motifs is 2. The summed E-state index contributed by atoms with van der Waals surface area (Å²) in [5.41, 5.74) is 4.29. The number of amides is 4. The maximum Gasteiger partial charge on any atom is 0.322 e. The molecule has 0 radical (unpaired) electrons. The lowest BCUT2D eigenvalue weighted by Gasteiger charge is -2.27. The minimum atomic E-state index is -0.442. The van der Waals surface area contributed by atoms with Gasteiger partial charge in [0, 0.05) is 58.3 Å². The van der Waals surface area contributed by atoms with Crippen molar-refractivity contribution in [1.82, 2.24) is 44.3 Å². The van der Waals surface area contributed by atoms with Gasteiger partial charge in [-0.2, -0.15) is 10.2 Å². The van der Waals surface area contributed by atoms with E-state index < -0.39 is 6.10 Å². The Balaban J connectivity index is 0.000000144. The molecule has 15 nitrogen and oxygen atoms in total. The number of aliphatic hydroxyl groups is 1. The van der Waals surface area contributed by atoms with Crippen LogP contribution in [-0.4, -0.2) is 102 Å². The highest BCUT2D eigenvalue weighted by molar-refractivity contribution is 14.1. The standard InChI is InChI=1S/C22H24FIN6O.C11H12ClN5O2.C10H11FIN/c1-14-6-9-28(13-14)22(31)26-18-12-25-30-10-7-20(27-21(18)30)29-8-2-3-19(29)16-11-15(23)4-5-17(16)24;12-9-2-4-17-10(15-9)8(5-13-17)14-11(19)16-3-1-7(18)6-16;11-7-3-4-9(12)8(6-7)10-2-1-5-13-10/h4-5,7,10-12,14,19H,2-3,6,8-9,13H2,1H3,(H,26,31);2,4-5,7,18H,1,3,6H2,(H,14,19);3-4,6,10,13H,1-2,5H2/t14-,19?;7-;/m00./s1. The molecule has 0 saturated carbocycles. The Morgan fingerprint density at radius 3 is 2.02 bits per heavy atom. The summed E-state index contributed by atoms with van der Waals surface area (Å²) in [6, 6.07) is 13.5. The monoisotopic (exact) mass is 1110 g/mol. The largest absolute Gasteiger partial charge is 0.391 e. The first kappa shape index (κ1) is 45.1. The second-order valence-electron chi connectivity index (χ2n) is 16.1. The SMILES string of the molecule is C[C@H]1CCN(C(=O)Nc2cnn3ccc(N4CCCC4c4cc(F)ccc4I)nc23)C1.Fc1ccc(I)c(C2CCCN2)c1.O=C(Nc1cnn2ccc(Cl)nc12)N1CC[C@H](O)C1. The van der Waals surface area contributed by atoms with Gasteiger partial charge in [-0.1, -0.05) is 18.5 Å². The number of rotatable bonds is 5. The lowest BCUT2D eigenvalue weighted by molar-refractivity contribution is 0.176. The summed E-state index contributed by atoms with van der Waals surface area (Å²) in [4.78, 5) is 39.2. The molecule has 2 unspecified atom stereocenters. The number of likely N-dealkylation sites (tertiary alicyclic amines) is 2. The molecule has 20 heteroatoms. The van der Waals surface area contributed by atoms with E-state index in [-0.39, 0.29) is 29.7 Å². The van der Waals surface area contributed by atoms with Crippen LogP contribution in [0, 0.1) is 24.7 Å². The highest BCUT2D eigenvalue weighted by atomic mass is 127. The van der Waals surface area contributed by atoms with Crippen LogP contribution in [0.25, 0.3) is 11.3 Å². The molecule has 6 aromatic rings. The number of hydrogen-bond acceptors (Lipinski definition) is 9. The van der Waals surface area contributed by atoms with E-state index in [0.717, 1.165) is 75.9 Å². The van der Waals surface area contributed by atoms with Gasteiger partial charge in [0.15, 0.2) is 11.3 Å². The summed E-state index contributed by atoms with van der Waals surface area (Å²) in [5, 5.41) is 27.2. The maximum absolute atomic E-state index is 13.9. The van der Waals surface area contributed by atoms with Gasteiger partial charge >= 0.3 is 12.1 Å². The number of nitrogens with one attached hydrogen (secondary N) is 3. The van der Waals surface area contributed by atoms with Gasteiger partial charge in [0.05, 0.1) is 24.5 Å². The van der Waals surface area contributed by atoms with E-state index in [1.165, 1.54) is 29.3 Å². The minimum absolute atomic E-state index is 0.0737. The van der Waals surface area contributed by atoms with E-state index in [1.807, 2.05) is 29.3 Å². The first-order chi connectivity index (χ1) is 30.4. The van der Waals surface area contributed by atoms with E-state index in [4.69, 9.17) is 16.6 Å². The van der Waals surface area contributed by atoms with Crippen LogP contribution in [0.5, 0.6) is 0 Å². The van der Waals surface area contributed by atoms with E-state index in [2.05, 4.69) is 88.1 Å². The number of urea groups is 2. The van der Waals surface area contributed by atoms with Gasteiger partial charge < -0.3 is 35.8 Å². The average Bonchev–Trinajstić information content (AvgIpc) is 4.14. The van der Waals surface area contributed by atoms with Gasteiger partial charge in [0.1, 0.15) is 34.0 Å². The van der Waals surface area contributed by atoms with Gasteiger partial charge in [0.25, 0.3) is 0 Å². The van der Waals surface area contributed by atoms with Crippen LogP contribution in [0.15, 0.2) is 73.3 Å². The van der Waals surface area contributed by atoms with Crippen molar-refractivity contribution < 1.29 is 23.5 Å². The number of benzene rings is 2. The predicted octanol–water partition coefficient (Wildman–Crippen LogP) is 8.52. The van der Waals surface area contributed by atoms with Crippen LogP contribution in [0.1, 0.15) is 68.7 Å². The van der Waals surface area contributed by atoms with Gasteiger partial charge in [-0.3, -0.25) is 0 Å². The number of carbonyl (C=O) groups excluding carboxylic acids is 2. The number of halogens is 5. The van der Waals surface area contributed by atoms with Crippen LogP contribution in [-0.2, 0) is 0 Å². The summed E-state index contributed by atoms with van der Waals surface area (Å²) in [5.74, 6) is 0.977. The lowest BCUT2D eigenvalue weighted by Crippen LogP contribution is -2.33. The molecule has 332 valence electrons. The molecular formula is C43H47ClF2I2N12O3. The summed E-state index contributed by atoms with van der Waals surface area (Å²) in [6.07, 6.45) is 12.1. The first-order valence-electron chi connectivity index (χ1n) is 20.9. The molecule has 4 aliphatic rings. The van der Waals surface area contributed by atoms with Crippen molar-refractivity contribution in [1.29, 1.82) is 0 Å². The van der Waals surface area contributed by atoms with E-state index in [9.17, 15) is 23.5 Å². The van der Waals surface area contributed by atoms with Crippen molar-refractivity contribution in [2.24, 2.45) is 5.92 Å². The van der Waals surface area contributed by atoms with Crippen LogP contribution in [0.4, 0.5) is 35.6 Å². The maximum atomic E-state index is 13.9. The first-order valence-corrected chi connectivity index (χ1v) is 23.5. The van der Waals surface area contributed by atoms with Crippen LogP contribution >= 0.6 is 56.8 Å². The fraction of sp³-hybridized carbons (Fsp3) is 0.395. The summed E-state index contributed by atoms with van der Waals surface area (Å²) in [6.45, 7) is 6.49. The van der Waals surface area contributed by atoms with Crippen LogP contribution in [0.2, 0.25) is 5.15 Å². The molecular weight excluding hydrogens is 1060 g/mol. The molecule has 63 heavy (non-hydrogen) atoms. The van der Waals surface area contributed by atoms with Crippen molar-refractivity contribution in [3.8, 4) is 0 Å². The molecule has 4 aromatic heterocycles. The van der Waals surface area contributed by atoms with E-state index in [0.29, 0.717) is 59.3 Å². The Bertz CT molecular complexity index is 2590. The van der Waals surface area contributed by atoms with Crippen molar-refractivity contribution in [3.63, 3.8) is 0 Å². The third kappa shape index (κ3) is 10.7. The summed E-state index contributed by atoms with van der Waals surface area (Å²) < 4.78 is 32.3. The van der Waals surface area contributed by atoms with Crippen LogP contribution < -0.4 is 20.9 Å². The number of hydrogen-bond donors (Lipinski definition) is 4. The Morgan fingerprint density at radius 2 is 1.40 bits per heavy atom. The fourth-order valence-electron chi connectivity index (χ4n) is 8.34. The Morgan fingerprint density at radius 1 is 0.778 bits per heavy atom. The molecule has 4 amide bonds. The van der Waals surface area contributed by atoms with Gasteiger partial charge in [-0.15, -0.1) is 0 Å².